The summed E-state index contributed by atoms with van der Waals surface area (Å²) in [6, 6.07) is 10.8. The van der Waals surface area contributed by atoms with E-state index in [1.807, 2.05) is 13.8 Å². The van der Waals surface area contributed by atoms with E-state index in [0.29, 0.717) is 22.7 Å². The Morgan fingerprint density at radius 1 is 1.12 bits per heavy atom. The maximum atomic E-state index is 12.9. The van der Waals surface area contributed by atoms with Gasteiger partial charge < -0.3 is 10.6 Å². The number of rotatable bonds is 6. The van der Waals surface area contributed by atoms with Gasteiger partial charge in [-0.1, -0.05) is 23.7 Å². The van der Waals surface area contributed by atoms with Crippen LogP contribution in [0.4, 0.5) is 10.1 Å². The minimum Gasteiger partial charge on any atom is -0.350 e. The predicted molar refractivity (Wildman–Crippen MR) is 97.4 cm³/mol. The van der Waals surface area contributed by atoms with E-state index in [0.717, 1.165) is 5.56 Å². The highest BCUT2D eigenvalue weighted by Crippen LogP contribution is 2.23. The van der Waals surface area contributed by atoms with E-state index in [2.05, 4.69) is 10.6 Å². The van der Waals surface area contributed by atoms with E-state index < -0.39 is 0 Å². The molecule has 0 fully saturated rings. The summed E-state index contributed by atoms with van der Waals surface area (Å²) >= 11 is 6.10. The Morgan fingerprint density at radius 3 is 2.44 bits per heavy atom. The molecule has 0 aliphatic carbocycles. The van der Waals surface area contributed by atoms with Gasteiger partial charge in [0.1, 0.15) is 5.82 Å². The third-order valence-corrected chi connectivity index (χ3v) is 3.81. The second kappa shape index (κ2) is 8.62. The number of halogens is 2. The topological polar surface area (TPSA) is 58.2 Å². The van der Waals surface area contributed by atoms with Crippen LogP contribution in [0.3, 0.4) is 0 Å². The summed E-state index contributed by atoms with van der Waals surface area (Å²) in [4.78, 5) is 24.2. The first-order valence-electron chi connectivity index (χ1n) is 8.00. The summed E-state index contributed by atoms with van der Waals surface area (Å²) < 4.78 is 12.9. The molecular weight excluding hydrogens is 343 g/mol. The average Bonchev–Trinajstić information content (AvgIpc) is 2.55. The van der Waals surface area contributed by atoms with Gasteiger partial charge in [0.15, 0.2) is 0 Å². The van der Waals surface area contributed by atoms with E-state index in [-0.39, 0.29) is 30.1 Å². The van der Waals surface area contributed by atoms with Crippen LogP contribution in [0.15, 0.2) is 42.5 Å². The summed E-state index contributed by atoms with van der Waals surface area (Å²) in [5, 5.41) is 5.86. The lowest BCUT2D eigenvalue weighted by atomic mass is 10.1. The maximum Gasteiger partial charge on any atom is 0.251 e. The van der Waals surface area contributed by atoms with Crippen molar-refractivity contribution in [2.24, 2.45) is 0 Å². The van der Waals surface area contributed by atoms with Crippen molar-refractivity contribution in [3.05, 3.63) is 64.4 Å². The van der Waals surface area contributed by atoms with Crippen LogP contribution in [-0.2, 0) is 11.2 Å². The quantitative estimate of drug-likeness (QED) is 0.809. The number of hydrogen-bond acceptors (Lipinski definition) is 2. The highest BCUT2D eigenvalue weighted by atomic mass is 35.5. The van der Waals surface area contributed by atoms with Crippen LogP contribution >= 0.6 is 11.6 Å². The molecule has 0 unspecified atom stereocenters. The minimum absolute atomic E-state index is 0.0110. The highest BCUT2D eigenvalue weighted by molar-refractivity contribution is 6.33. The Balaban J connectivity index is 1.99. The van der Waals surface area contributed by atoms with Gasteiger partial charge in [-0.05, 0) is 56.2 Å². The second-order valence-corrected chi connectivity index (χ2v) is 6.40. The molecule has 0 spiro atoms. The molecule has 0 heterocycles. The molecule has 2 amide bonds. The van der Waals surface area contributed by atoms with Crippen LogP contribution in [0.2, 0.25) is 5.02 Å². The Morgan fingerprint density at radius 2 is 1.80 bits per heavy atom. The van der Waals surface area contributed by atoms with Crippen LogP contribution in [0.1, 0.15) is 36.2 Å². The van der Waals surface area contributed by atoms with Gasteiger partial charge >= 0.3 is 0 Å². The molecule has 0 saturated carbocycles. The monoisotopic (exact) mass is 362 g/mol. The third kappa shape index (κ3) is 5.87. The van der Waals surface area contributed by atoms with Crippen molar-refractivity contribution >= 4 is 29.1 Å². The fourth-order valence-corrected chi connectivity index (χ4v) is 2.39. The van der Waals surface area contributed by atoms with Crippen molar-refractivity contribution in [2.45, 2.75) is 32.7 Å². The molecule has 0 aliphatic heterocycles. The summed E-state index contributed by atoms with van der Waals surface area (Å²) in [5.41, 5.74) is 1.68. The standard InChI is InChI=1S/C19H20ClFN2O2/c1-12(2)22-19(25)14-6-9-16(20)17(11-14)23-18(24)10-5-13-3-7-15(21)8-4-13/h3-4,6-9,11-12H,5,10H2,1-2H3,(H,22,25)(H,23,24). The Hall–Kier alpha value is -2.40. The molecule has 4 nitrogen and oxygen atoms in total. The average molecular weight is 363 g/mol. The zero-order chi connectivity index (χ0) is 18.4. The number of benzene rings is 2. The predicted octanol–water partition coefficient (Wildman–Crippen LogP) is 4.19. The molecule has 132 valence electrons. The van der Waals surface area contributed by atoms with Gasteiger partial charge in [0.05, 0.1) is 10.7 Å². The first-order chi connectivity index (χ1) is 11.8. The molecule has 2 aromatic carbocycles. The maximum absolute atomic E-state index is 12.9. The van der Waals surface area contributed by atoms with Gasteiger partial charge in [-0.2, -0.15) is 0 Å². The van der Waals surface area contributed by atoms with Gasteiger partial charge in [0.25, 0.3) is 5.91 Å². The summed E-state index contributed by atoms with van der Waals surface area (Å²) in [5.74, 6) is -0.766. The molecule has 2 rings (SSSR count). The number of hydrogen-bond donors (Lipinski definition) is 2. The van der Waals surface area contributed by atoms with E-state index in [1.165, 1.54) is 12.1 Å². The number of anilines is 1. The molecule has 0 bridgehead atoms. The molecule has 0 radical (unpaired) electrons. The van der Waals surface area contributed by atoms with Crippen LogP contribution in [0.25, 0.3) is 0 Å². The Labute approximate surface area is 151 Å². The van der Waals surface area contributed by atoms with Gasteiger partial charge in [-0.3, -0.25) is 9.59 Å². The van der Waals surface area contributed by atoms with Gasteiger partial charge in [0, 0.05) is 18.0 Å². The zero-order valence-electron chi connectivity index (χ0n) is 14.1. The second-order valence-electron chi connectivity index (χ2n) is 6.00. The van der Waals surface area contributed by atoms with Crippen LogP contribution < -0.4 is 10.6 Å². The van der Waals surface area contributed by atoms with E-state index in [4.69, 9.17) is 11.6 Å². The smallest absolute Gasteiger partial charge is 0.251 e. The molecule has 0 atom stereocenters. The van der Waals surface area contributed by atoms with E-state index >= 15 is 0 Å². The van der Waals surface area contributed by atoms with Crippen molar-refractivity contribution in [3.63, 3.8) is 0 Å². The number of carbonyl (C=O) groups excluding carboxylic acids is 2. The fourth-order valence-electron chi connectivity index (χ4n) is 2.23. The molecule has 2 aromatic rings. The van der Waals surface area contributed by atoms with Crippen LogP contribution in [0, 0.1) is 5.82 Å². The largest absolute Gasteiger partial charge is 0.350 e. The van der Waals surface area contributed by atoms with Crippen molar-refractivity contribution in [1.29, 1.82) is 0 Å². The molecule has 2 N–H and O–H groups in total. The number of aryl methyl sites for hydroxylation is 1. The lowest BCUT2D eigenvalue weighted by Gasteiger charge is -2.11. The summed E-state index contributed by atoms with van der Waals surface area (Å²) in [6.07, 6.45) is 0.710. The van der Waals surface area contributed by atoms with Crippen molar-refractivity contribution in [2.75, 3.05) is 5.32 Å². The SMILES string of the molecule is CC(C)NC(=O)c1ccc(Cl)c(NC(=O)CCc2ccc(F)cc2)c1. The first kappa shape index (κ1) is 18.9. The molecule has 0 aromatic heterocycles. The molecule has 0 aliphatic rings. The first-order valence-corrected chi connectivity index (χ1v) is 8.37. The van der Waals surface area contributed by atoms with E-state index in [9.17, 15) is 14.0 Å². The summed E-state index contributed by atoms with van der Waals surface area (Å²) in [6.45, 7) is 3.73. The summed E-state index contributed by atoms with van der Waals surface area (Å²) in [7, 11) is 0. The normalized spacial score (nSPS) is 10.6. The van der Waals surface area contributed by atoms with Crippen LogP contribution in [0.5, 0.6) is 0 Å². The Bertz CT molecular complexity index is 761. The third-order valence-electron chi connectivity index (χ3n) is 3.48. The number of nitrogens with one attached hydrogen (secondary N) is 2. The number of carbonyl (C=O) groups is 2. The molecule has 6 heteroatoms. The lowest BCUT2D eigenvalue weighted by molar-refractivity contribution is -0.116. The fraction of sp³-hybridized carbons (Fsp3) is 0.263. The zero-order valence-corrected chi connectivity index (χ0v) is 14.9. The lowest BCUT2D eigenvalue weighted by Crippen LogP contribution is -2.30. The van der Waals surface area contributed by atoms with Gasteiger partial charge in [-0.15, -0.1) is 0 Å². The molecule has 0 saturated heterocycles. The number of amides is 2. The van der Waals surface area contributed by atoms with Crippen LogP contribution in [-0.4, -0.2) is 17.9 Å². The van der Waals surface area contributed by atoms with Gasteiger partial charge in [0.2, 0.25) is 5.91 Å². The van der Waals surface area contributed by atoms with Crippen molar-refractivity contribution in [3.8, 4) is 0 Å². The van der Waals surface area contributed by atoms with E-state index in [1.54, 1.807) is 30.3 Å². The van der Waals surface area contributed by atoms with Gasteiger partial charge in [-0.25, -0.2) is 4.39 Å². The highest BCUT2D eigenvalue weighted by Gasteiger charge is 2.12. The Kier molecular flexibility index (Phi) is 6.53. The molecule has 25 heavy (non-hydrogen) atoms. The minimum atomic E-state index is -0.309. The van der Waals surface area contributed by atoms with Crippen molar-refractivity contribution in [1.82, 2.24) is 5.32 Å². The molecular formula is C19H20ClFN2O2. The van der Waals surface area contributed by atoms with Crippen molar-refractivity contribution < 1.29 is 14.0 Å².